The van der Waals surface area contributed by atoms with Gasteiger partial charge in [0.25, 0.3) is 0 Å². The first-order chi connectivity index (χ1) is 12.3. The van der Waals surface area contributed by atoms with Crippen LogP contribution in [0.3, 0.4) is 0 Å². The van der Waals surface area contributed by atoms with E-state index in [9.17, 15) is 4.79 Å². The molecule has 2 fully saturated rings. The Morgan fingerprint density at radius 1 is 0.920 bits per heavy atom. The number of hydrogen-bond donors (Lipinski definition) is 2. The van der Waals surface area contributed by atoms with E-state index in [-0.39, 0.29) is 12.1 Å². The lowest BCUT2D eigenvalue weighted by Gasteiger charge is -2.36. The van der Waals surface area contributed by atoms with Gasteiger partial charge in [0.2, 0.25) is 0 Å². The Bertz CT molecular complexity index is 698. The summed E-state index contributed by atoms with van der Waals surface area (Å²) in [6.45, 7) is 0.321. The van der Waals surface area contributed by atoms with Crippen LogP contribution in [0.25, 0.3) is 0 Å². The molecule has 0 aliphatic heterocycles. The summed E-state index contributed by atoms with van der Waals surface area (Å²) >= 11 is 0. The Hall–Kier alpha value is -2.33. The fourth-order valence-electron chi connectivity index (χ4n) is 3.55. The minimum absolute atomic E-state index is 0.231. The maximum Gasteiger partial charge on any atom is 0.407 e. The van der Waals surface area contributed by atoms with Crippen LogP contribution in [-0.2, 0) is 11.3 Å². The second kappa shape index (κ2) is 7.28. The van der Waals surface area contributed by atoms with Crippen LogP contribution in [0.4, 0.5) is 4.79 Å². The SMILES string of the molecule is O=C(NC1CC(NC2CC2c2ccccc2)C1)OCc1ccccc1. The monoisotopic (exact) mass is 336 g/mol. The van der Waals surface area contributed by atoms with Gasteiger partial charge in [-0.25, -0.2) is 4.79 Å². The molecule has 0 saturated heterocycles. The van der Waals surface area contributed by atoms with Crippen molar-refractivity contribution in [2.75, 3.05) is 0 Å². The number of carbonyl (C=O) groups excluding carboxylic acids is 1. The van der Waals surface area contributed by atoms with Crippen molar-refractivity contribution >= 4 is 6.09 Å². The lowest BCUT2D eigenvalue weighted by molar-refractivity contribution is 0.125. The standard InChI is InChI=1S/C21H24N2O2/c24-21(25-14-15-7-3-1-4-8-15)23-18-11-17(12-18)22-20-13-19(20)16-9-5-2-6-10-16/h1-10,17-20,22H,11-14H2,(H,23,24). The van der Waals surface area contributed by atoms with E-state index in [1.165, 1.54) is 12.0 Å². The van der Waals surface area contributed by atoms with Gasteiger partial charge in [-0.2, -0.15) is 0 Å². The Balaban J connectivity index is 1.12. The Kier molecular flexibility index (Phi) is 4.70. The zero-order valence-corrected chi connectivity index (χ0v) is 14.2. The summed E-state index contributed by atoms with van der Waals surface area (Å²) in [5.74, 6) is 0.657. The normalized spacial score (nSPS) is 27.2. The molecular formula is C21H24N2O2. The van der Waals surface area contributed by atoms with Gasteiger partial charge >= 0.3 is 6.09 Å². The molecule has 4 nitrogen and oxygen atoms in total. The van der Waals surface area contributed by atoms with E-state index in [0.717, 1.165) is 18.4 Å². The van der Waals surface area contributed by atoms with E-state index in [4.69, 9.17) is 4.74 Å². The molecule has 130 valence electrons. The maximum absolute atomic E-state index is 11.8. The van der Waals surface area contributed by atoms with Crippen LogP contribution < -0.4 is 10.6 Å². The molecule has 2 aliphatic rings. The van der Waals surface area contributed by atoms with Crippen molar-refractivity contribution in [2.45, 2.75) is 49.9 Å². The fraction of sp³-hybridized carbons (Fsp3) is 0.381. The van der Waals surface area contributed by atoms with E-state index in [1.807, 2.05) is 30.3 Å². The molecule has 2 aliphatic carbocycles. The number of nitrogens with one attached hydrogen (secondary N) is 2. The van der Waals surface area contributed by atoms with E-state index >= 15 is 0 Å². The molecular weight excluding hydrogens is 312 g/mol. The first-order valence-corrected chi connectivity index (χ1v) is 9.06. The lowest BCUT2D eigenvalue weighted by atomic mass is 9.86. The quantitative estimate of drug-likeness (QED) is 0.847. The summed E-state index contributed by atoms with van der Waals surface area (Å²) < 4.78 is 5.27. The lowest BCUT2D eigenvalue weighted by Crippen LogP contribution is -2.53. The molecule has 2 N–H and O–H groups in total. The number of ether oxygens (including phenoxy) is 1. The summed E-state index contributed by atoms with van der Waals surface area (Å²) in [5.41, 5.74) is 2.44. The van der Waals surface area contributed by atoms with Crippen LogP contribution >= 0.6 is 0 Å². The second-order valence-corrected chi connectivity index (χ2v) is 7.10. The van der Waals surface area contributed by atoms with Gasteiger partial charge in [-0.15, -0.1) is 0 Å². The van der Waals surface area contributed by atoms with E-state index in [0.29, 0.717) is 24.6 Å². The molecule has 0 spiro atoms. The van der Waals surface area contributed by atoms with Gasteiger partial charge in [0.05, 0.1) is 0 Å². The molecule has 2 unspecified atom stereocenters. The first kappa shape index (κ1) is 16.2. The minimum atomic E-state index is -0.319. The van der Waals surface area contributed by atoms with Gasteiger partial charge in [-0.1, -0.05) is 60.7 Å². The van der Waals surface area contributed by atoms with Crippen molar-refractivity contribution in [1.82, 2.24) is 10.6 Å². The smallest absolute Gasteiger partial charge is 0.407 e. The van der Waals surface area contributed by atoms with Crippen LogP contribution in [-0.4, -0.2) is 24.2 Å². The summed E-state index contributed by atoms with van der Waals surface area (Å²) in [7, 11) is 0. The summed E-state index contributed by atoms with van der Waals surface area (Å²) in [5, 5.41) is 6.66. The Labute approximate surface area is 148 Å². The fourth-order valence-corrected chi connectivity index (χ4v) is 3.55. The summed E-state index contributed by atoms with van der Waals surface area (Å²) in [4.78, 5) is 11.8. The average molecular weight is 336 g/mol. The average Bonchev–Trinajstić information content (AvgIpc) is 3.39. The highest BCUT2D eigenvalue weighted by molar-refractivity contribution is 5.67. The molecule has 4 rings (SSSR count). The van der Waals surface area contributed by atoms with Crippen molar-refractivity contribution in [2.24, 2.45) is 0 Å². The van der Waals surface area contributed by atoms with Gasteiger partial charge in [-0.05, 0) is 30.4 Å². The van der Waals surface area contributed by atoms with Gasteiger partial charge < -0.3 is 15.4 Å². The van der Waals surface area contributed by atoms with Crippen LogP contribution in [0, 0.1) is 0 Å². The van der Waals surface area contributed by atoms with Crippen molar-refractivity contribution < 1.29 is 9.53 Å². The van der Waals surface area contributed by atoms with Crippen molar-refractivity contribution in [3.63, 3.8) is 0 Å². The molecule has 2 atom stereocenters. The van der Waals surface area contributed by atoms with Gasteiger partial charge in [0.15, 0.2) is 0 Å². The largest absolute Gasteiger partial charge is 0.445 e. The highest BCUT2D eigenvalue weighted by Gasteiger charge is 2.42. The molecule has 2 aromatic rings. The van der Waals surface area contributed by atoms with E-state index < -0.39 is 0 Å². The Morgan fingerprint density at radius 3 is 2.32 bits per heavy atom. The Morgan fingerprint density at radius 2 is 1.60 bits per heavy atom. The van der Waals surface area contributed by atoms with Gasteiger partial charge in [0, 0.05) is 24.0 Å². The number of carbonyl (C=O) groups is 1. The van der Waals surface area contributed by atoms with Crippen LogP contribution in [0.15, 0.2) is 60.7 Å². The topological polar surface area (TPSA) is 50.4 Å². The zero-order valence-electron chi connectivity index (χ0n) is 14.2. The van der Waals surface area contributed by atoms with Gasteiger partial charge in [-0.3, -0.25) is 0 Å². The van der Waals surface area contributed by atoms with Crippen molar-refractivity contribution in [1.29, 1.82) is 0 Å². The second-order valence-electron chi connectivity index (χ2n) is 7.10. The summed E-state index contributed by atoms with van der Waals surface area (Å²) in [6.07, 6.45) is 2.87. The molecule has 2 aromatic carbocycles. The molecule has 0 radical (unpaired) electrons. The number of alkyl carbamates (subject to hydrolysis) is 1. The van der Waals surface area contributed by atoms with Crippen molar-refractivity contribution in [3.8, 4) is 0 Å². The molecule has 0 heterocycles. The third-order valence-electron chi connectivity index (χ3n) is 5.14. The molecule has 0 bridgehead atoms. The highest BCUT2D eigenvalue weighted by atomic mass is 16.5. The molecule has 1 amide bonds. The van der Waals surface area contributed by atoms with Crippen LogP contribution in [0.5, 0.6) is 0 Å². The summed E-state index contributed by atoms with van der Waals surface area (Å²) in [6, 6.07) is 21.8. The number of hydrogen-bond acceptors (Lipinski definition) is 3. The number of benzene rings is 2. The first-order valence-electron chi connectivity index (χ1n) is 9.06. The molecule has 0 aromatic heterocycles. The third-order valence-corrected chi connectivity index (χ3v) is 5.14. The predicted molar refractivity (Wildman–Crippen MR) is 97.3 cm³/mol. The van der Waals surface area contributed by atoms with E-state index in [1.54, 1.807) is 0 Å². The van der Waals surface area contributed by atoms with Crippen LogP contribution in [0.2, 0.25) is 0 Å². The van der Waals surface area contributed by atoms with Crippen molar-refractivity contribution in [3.05, 3.63) is 71.8 Å². The van der Waals surface area contributed by atoms with Gasteiger partial charge in [0.1, 0.15) is 6.61 Å². The van der Waals surface area contributed by atoms with E-state index in [2.05, 4.69) is 41.0 Å². The predicted octanol–water partition coefficient (Wildman–Crippen LogP) is 3.59. The third kappa shape index (κ3) is 4.20. The highest BCUT2D eigenvalue weighted by Crippen LogP contribution is 2.42. The number of rotatable bonds is 6. The zero-order chi connectivity index (χ0) is 17.1. The minimum Gasteiger partial charge on any atom is -0.445 e. The molecule has 4 heteroatoms. The van der Waals surface area contributed by atoms with Crippen LogP contribution in [0.1, 0.15) is 36.3 Å². The molecule has 2 saturated carbocycles. The maximum atomic E-state index is 11.8. The molecule has 25 heavy (non-hydrogen) atoms. The number of amides is 1.